The van der Waals surface area contributed by atoms with Crippen molar-refractivity contribution in [3.63, 3.8) is 0 Å². The van der Waals surface area contributed by atoms with E-state index in [0.29, 0.717) is 5.84 Å². The smallest absolute Gasteiger partial charge is 0.104 e. The van der Waals surface area contributed by atoms with Crippen LogP contribution in [0.25, 0.3) is 0 Å². The maximum absolute atomic E-state index is 5.57. The first kappa shape index (κ1) is 6.85. The molecule has 0 spiro atoms. The number of benzene rings is 1. The average Bonchev–Trinajstić information content (AvgIpc) is 2.27. The van der Waals surface area contributed by atoms with Crippen LogP contribution in [0.2, 0.25) is 0 Å². The van der Waals surface area contributed by atoms with E-state index >= 15 is 0 Å². The SMILES string of the molecule is NC1=Nc2ccc(Br)cc2C1. The van der Waals surface area contributed by atoms with Crippen molar-refractivity contribution in [2.75, 3.05) is 0 Å². The van der Waals surface area contributed by atoms with E-state index in [4.69, 9.17) is 5.73 Å². The van der Waals surface area contributed by atoms with E-state index in [-0.39, 0.29) is 0 Å². The fraction of sp³-hybridized carbons (Fsp3) is 0.125. The van der Waals surface area contributed by atoms with Crippen molar-refractivity contribution >= 4 is 27.5 Å². The van der Waals surface area contributed by atoms with Crippen LogP contribution < -0.4 is 5.73 Å². The monoisotopic (exact) mass is 210 g/mol. The molecule has 1 aliphatic rings. The number of nitrogens with two attached hydrogens (primary N) is 1. The molecule has 0 radical (unpaired) electrons. The number of rotatable bonds is 0. The molecule has 0 aliphatic carbocycles. The van der Waals surface area contributed by atoms with E-state index in [1.54, 1.807) is 0 Å². The van der Waals surface area contributed by atoms with Crippen LogP contribution in [-0.2, 0) is 6.42 Å². The van der Waals surface area contributed by atoms with Crippen LogP contribution in [-0.4, -0.2) is 5.84 Å². The summed E-state index contributed by atoms with van der Waals surface area (Å²) in [6.45, 7) is 0. The minimum Gasteiger partial charge on any atom is -0.387 e. The standard InChI is InChI=1S/C8H7BrN2/c9-6-1-2-7-5(3-6)4-8(10)11-7/h1-3H,4H2,(H2,10,11). The lowest BCUT2D eigenvalue weighted by molar-refractivity contribution is 1.36. The zero-order valence-electron chi connectivity index (χ0n) is 5.84. The van der Waals surface area contributed by atoms with Crippen molar-refractivity contribution in [2.45, 2.75) is 6.42 Å². The van der Waals surface area contributed by atoms with Gasteiger partial charge in [0.05, 0.1) is 5.69 Å². The van der Waals surface area contributed by atoms with Crippen LogP contribution in [0, 0.1) is 0 Å². The Hall–Kier alpha value is -0.830. The van der Waals surface area contributed by atoms with Crippen LogP contribution in [0.4, 0.5) is 5.69 Å². The fourth-order valence-corrected chi connectivity index (χ4v) is 1.60. The second kappa shape index (κ2) is 2.34. The number of nitrogens with zero attached hydrogens (tertiary/aromatic N) is 1. The Labute approximate surface area is 73.3 Å². The molecule has 1 aromatic carbocycles. The predicted molar refractivity (Wildman–Crippen MR) is 49.1 cm³/mol. The highest BCUT2D eigenvalue weighted by Crippen LogP contribution is 2.27. The van der Waals surface area contributed by atoms with Gasteiger partial charge < -0.3 is 5.73 Å². The van der Waals surface area contributed by atoms with E-state index in [1.165, 1.54) is 5.56 Å². The summed E-state index contributed by atoms with van der Waals surface area (Å²) in [6.07, 6.45) is 0.786. The van der Waals surface area contributed by atoms with Gasteiger partial charge in [0.1, 0.15) is 5.84 Å². The summed E-state index contributed by atoms with van der Waals surface area (Å²) in [7, 11) is 0. The quantitative estimate of drug-likeness (QED) is 0.700. The van der Waals surface area contributed by atoms with Crippen molar-refractivity contribution in [3.8, 4) is 0 Å². The second-order valence-corrected chi connectivity index (χ2v) is 3.47. The molecule has 1 aromatic rings. The average molecular weight is 211 g/mol. The minimum absolute atomic E-state index is 0.707. The van der Waals surface area contributed by atoms with E-state index in [9.17, 15) is 0 Å². The van der Waals surface area contributed by atoms with Crippen LogP contribution in [0.1, 0.15) is 5.56 Å². The van der Waals surface area contributed by atoms with Gasteiger partial charge in [0.25, 0.3) is 0 Å². The van der Waals surface area contributed by atoms with Crippen molar-refractivity contribution in [1.82, 2.24) is 0 Å². The summed E-state index contributed by atoms with van der Waals surface area (Å²) in [5.41, 5.74) is 7.78. The maximum Gasteiger partial charge on any atom is 0.104 e. The van der Waals surface area contributed by atoms with Gasteiger partial charge in [0.2, 0.25) is 0 Å². The molecule has 2 N–H and O–H groups in total. The van der Waals surface area contributed by atoms with E-state index < -0.39 is 0 Å². The summed E-state index contributed by atoms with van der Waals surface area (Å²) >= 11 is 3.39. The molecule has 0 saturated heterocycles. The number of hydrogen-bond acceptors (Lipinski definition) is 2. The van der Waals surface area contributed by atoms with Crippen molar-refractivity contribution in [2.24, 2.45) is 10.7 Å². The topological polar surface area (TPSA) is 38.4 Å². The third kappa shape index (κ3) is 1.16. The first-order valence-corrected chi connectivity index (χ1v) is 4.16. The molecule has 0 amide bonds. The molecule has 56 valence electrons. The van der Waals surface area contributed by atoms with E-state index in [0.717, 1.165) is 16.6 Å². The zero-order valence-corrected chi connectivity index (χ0v) is 7.43. The van der Waals surface area contributed by atoms with Gasteiger partial charge in [-0.15, -0.1) is 0 Å². The van der Waals surface area contributed by atoms with Crippen LogP contribution in [0.5, 0.6) is 0 Å². The highest BCUT2D eigenvalue weighted by molar-refractivity contribution is 9.10. The molecular weight excluding hydrogens is 204 g/mol. The molecule has 0 aromatic heterocycles. The molecule has 2 rings (SSSR count). The Balaban J connectivity index is 2.52. The third-order valence-corrected chi connectivity index (χ3v) is 2.17. The maximum atomic E-state index is 5.57. The van der Waals surface area contributed by atoms with Gasteiger partial charge in [-0.3, -0.25) is 0 Å². The fourth-order valence-electron chi connectivity index (χ4n) is 1.19. The molecule has 0 saturated carbocycles. The number of amidine groups is 1. The second-order valence-electron chi connectivity index (χ2n) is 2.55. The Morgan fingerprint density at radius 2 is 2.27 bits per heavy atom. The van der Waals surface area contributed by atoms with Crippen molar-refractivity contribution in [1.29, 1.82) is 0 Å². The molecule has 1 aliphatic heterocycles. The minimum atomic E-state index is 0.707. The zero-order chi connectivity index (χ0) is 7.84. The predicted octanol–water partition coefficient (Wildman–Crippen LogP) is 1.99. The Morgan fingerprint density at radius 3 is 3.09 bits per heavy atom. The summed E-state index contributed by atoms with van der Waals surface area (Å²) in [6, 6.07) is 6.00. The number of aliphatic imine (C=N–C) groups is 1. The van der Waals surface area contributed by atoms with E-state index in [2.05, 4.69) is 27.0 Å². The number of hydrogen-bond donors (Lipinski definition) is 1. The van der Waals surface area contributed by atoms with Gasteiger partial charge >= 0.3 is 0 Å². The highest BCUT2D eigenvalue weighted by Gasteiger charge is 2.10. The van der Waals surface area contributed by atoms with Gasteiger partial charge in [-0.1, -0.05) is 15.9 Å². The van der Waals surface area contributed by atoms with Gasteiger partial charge in [-0.25, -0.2) is 4.99 Å². The highest BCUT2D eigenvalue weighted by atomic mass is 79.9. The summed E-state index contributed by atoms with van der Waals surface area (Å²) in [5, 5.41) is 0. The summed E-state index contributed by atoms with van der Waals surface area (Å²) in [5.74, 6) is 0.707. The lowest BCUT2D eigenvalue weighted by Gasteiger charge is -1.95. The Bertz CT molecular complexity index is 331. The lowest BCUT2D eigenvalue weighted by atomic mass is 10.1. The van der Waals surface area contributed by atoms with Crippen LogP contribution in [0.3, 0.4) is 0 Å². The van der Waals surface area contributed by atoms with Crippen molar-refractivity contribution < 1.29 is 0 Å². The van der Waals surface area contributed by atoms with E-state index in [1.807, 2.05) is 12.1 Å². The molecule has 2 nitrogen and oxygen atoms in total. The molecule has 11 heavy (non-hydrogen) atoms. The Kier molecular flexibility index (Phi) is 1.46. The van der Waals surface area contributed by atoms with Gasteiger partial charge in [-0.05, 0) is 23.8 Å². The molecule has 0 unspecified atom stereocenters. The van der Waals surface area contributed by atoms with Crippen LogP contribution >= 0.6 is 15.9 Å². The molecule has 3 heteroatoms. The molecule has 1 heterocycles. The number of fused-ring (bicyclic) bond motifs is 1. The Morgan fingerprint density at radius 1 is 1.45 bits per heavy atom. The first-order chi connectivity index (χ1) is 5.25. The molecule has 0 fully saturated rings. The number of halogens is 1. The van der Waals surface area contributed by atoms with Gasteiger partial charge in [-0.2, -0.15) is 0 Å². The summed E-state index contributed by atoms with van der Waals surface area (Å²) < 4.78 is 1.08. The lowest BCUT2D eigenvalue weighted by Crippen LogP contribution is -2.09. The van der Waals surface area contributed by atoms with Gasteiger partial charge in [0, 0.05) is 10.9 Å². The van der Waals surface area contributed by atoms with Crippen LogP contribution in [0.15, 0.2) is 27.7 Å². The van der Waals surface area contributed by atoms with Crippen molar-refractivity contribution in [3.05, 3.63) is 28.2 Å². The molecule has 0 bridgehead atoms. The largest absolute Gasteiger partial charge is 0.387 e. The van der Waals surface area contributed by atoms with Gasteiger partial charge in [0.15, 0.2) is 0 Å². The molecule has 0 atom stereocenters. The summed E-state index contributed by atoms with van der Waals surface area (Å²) in [4.78, 5) is 4.17. The normalized spacial score (nSPS) is 14.5. The molecular formula is C8H7BrN2. The third-order valence-electron chi connectivity index (χ3n) is 1.68. The first-order valence-electron chi connectivity index (χ1n) is 3.37.